The Morgan fingerprint density at radius 2 is 2.00 bits per heavy atom. The van der Waals surface area contributed by atoms with E-state index in [4.69, 9.17) is 5.73 Å². The Balaban J connectivity index is 2.20. The molecule has 0 heterocycles. The molecular formula is C11H18N2. The zero-order chi connectivity index (χ0) is 9.52. The van der Waals surface area contributed by atoms with Gasteiger partial charge >= 0.3 is 0 Å². The second-order valence-electron chi connectivity index (χ2n) is 3.20. The first-order chi connectivity index (χ1) is 6.33. The molecule has 0 aliphatic heterocycles. The largest absolute Gasteiger partial charge is 0.316 e. The van der Waals surface area contributed by atoms with E-state index in [0.717, 1.165) is 19.4 Å². The summed E-state index contributed by atoms with van der Waals surface area (Å²) in [5, 5.41) is 3.26. The van der Waals surface area contributed by atoms with Crippen molar-refractivity contribution in [1.29, 1.82) is 0 Å². The molecule has 72 valence electrons. The van der Waals surface area contributed by atoms with Crippen molar-refractivity contribution in [3.8, 4) is 0 Å². The van der Waals surface area contributed by atoms with Crippen LogP contribution < -0.4 is 11.1 Å². The molecular weight excluding hydrogens is 160 g/mol. The summed E-state index contributed by atoms with van der Waals surface area (Å²) in [6.45, 7) is 3.04. The molecule has 2 heteroatoms. The van der Waals surface area contributed by atoms with Gasteiger partial charge in [0.2, 0.25) is 0 Å². The average molecular weight is 178 g/mol. The van der Waals surface area contributed by atoms with Crippen LogP contribution in [0.15, 0.2) is 30.3 Å². The highest BCUT2D eigenvalue weighted by Crippen LogP contribution is 1.98. The molecule has 1 atom stereocenters. The molecule has 0 amide bonds. The standard InChI is InChI=1S/C11H18N2/c1-2-11(12)13-9-8-10-6-4-3-5-7-10/h3-7,11,13H,2,8-9,12H2,1H3. The van der Waals surface area contributed by atoms with E-state index in [9.17, 15) is 0 Å². The quantitative estimate of drug-likeness (QED) is 0.671. The van der Waals surface area contributed by atoms with Crippen LogP contribution in [0.5, 0.6) is 0 Å². The summed E-state index contributed by atoms with van der Waals surface area (Å²) in [5.41, 5.74) is 7.09. The van der Waals surface area contributed by atoms with Crippen molar-refractivity contribution in [2.24, 2.45) is 5.73 Å². The summed E-state index contributed by atoms with van der Waals surface area (Å²) >= 11 is 0. The highest BCUT2D eigenvalue weighted by atomic mass is 15.0. The summed E-state index contributed by atoms with van der Waals surface area (Å²) < 4.78 is 0. The Hall–Kier alpha value is -0.860. The number of nitrogens with two attached hydrogens (primary N) is 1. The Labute approximate surface area is 80.1 Å². The van der Waals surface area contributed by atoms with Crippen molar-refractivity contribution in [2.45, 2.75) is 25.9 Å². The predicted molar refractivity (Wildman–Crippen MR) is 56.4 cm³/mol. The molecule has 0 aromatic heterocycles. The number of rotatable bonds is 5. The maximum Gasteiger partial charge on any atom is 0.0543 e. The Morgan fingerprint density at radius 1 is 1.31 bits per heavy atom. The van der Waals surface area contributed by atoms with E-state index in [2.05, 4.69) is 36.5 Å². The lowest BCUT2D eigenvalue weighted by molar-refractivity contribution is 0.517. The van der Waals surface area contributed by atoms with Gasteiger partial charge in [0.1, 0.15) is 0 Å². The van der Waals surface area contributed by atoms with Gasteiger partial charge in [0, 0.05) is 6.54 Å². The van der Waals surface area contributed by atoms with Gasteiger partial charge in [-0.2, -0.15) is 0 Å². The van der Waals surface area contributed by atoms with Crippen LogP contribution in [0.1, 0.15) is 18.9 Å². The fourth-order valence-electron chi connectivity index (χ4n) is 1.19. The second kappa shape index (κ2) is 5.73. The summed E-state index contributed by atoms with van der Waals surface area (Å²) in [4.78, 5) is 0. The van der Waals surface area contributed by atoms with Crippen molar-refractivity contribution in [3.63, 3.8) is 0 Å². The minimum Gasteiger partial charge on any atom is -0.316 e. The SMILES string of the molecule is CCC(N)NCCc1ccccc1. The first-order valence-electron chi connectivity index (χ1n) is 4.86. The highest BCUT2D eigenvalue weighted by molar-refractivity contribution is 5.14. The fourth-order valence-corrected chi connectivity index (χ4v) is 1.19. The van der Waals surface area contributed by atoms with Gasteiger partial charge in [0.15, 0.2) is 0 Å². The molecule has 0 saturated carbocycles. The number of nitrogens with one attached hydrogen (secondary N) is 1. The lowest BCUT2D eigenvalue weighted by atomic mass is 10.1. The van der Waals surface area contributed by atoms with E-state index in [1.165, 1.54) is 5.56 Å². The van der Waals surface area contributed by atoms with Gasteiger partial charge in [0.25, 0.3) is 0 Å². The monoisotopic (exact) mass is 178 g/mol. The first kappa shape index (κ1) is 10.2. The van der Waals surface area contributed by atoms with Gasteiger partial charge in [-0.05, 0) is 18.4 Å². The number of hydrogen-bond acceptors (Lipinski definition) is 2. The van der Waals surface area contributed by atoms with Crippen LogP contribution in [-0.2, 0) is 6.42 Å². The van der Waals surface area contributed by atoms with Gasteiger partial charge < -0.3 is 11.1 Å². The van der Waals surface area contributed by atoms with Crippen LogP contribution in [-0.4, -0.2) is 12.7 Å². The first-order valence-corrected chi connectivity index (χ1v) is 4.86. The molecule has 1 rings (SSSR count). The van der Waals surface area contributed by atoms with Crippen molar-refractivity contribution < 1.29 is 0 Å². The third-order valence-electron chi connectivity index (χ3n) is 2.10. The van der Waals surface area contributed by atoms with Crippen LogP contribution >= 0.6 is 0 Å². The molecule has 13 heavy (non-hydrogen) atoms. The lowest BCUT2D eigenvalue weighted by Crippen LogP contribution is -2.37. The maximum atomic E-state index is 5.73. The van der Waals surface area contributed by atoms with E-state index in [-0.39, 0.29) is 6.17 Å². The van der Waals surface area contributed by atoms with Crippen LogP contribution in [0.2, 0.25) is 0 Å². The van der Waals surface area contributed by atoms with Gasteiger partial charge in [0.05, 0.1) is 6.17 Å². The normalized spacial score (nSPS) is 12.8. The number of benzene rings is 1. The van der Waals surface area contributed by atoms with Crippen LogP contribution in [0, 0.1) is 0 Å². The van der Waals surface area contributed by atoms with Crippen molar-refractivity contribution >= 4 is 0 Å². The topological polar surface area (TPSA) is 38.0 Å². The van der Waals surface area contributed by atoms with E-state index in [1.807, 2.05) is 6.07 Å². The summed E-state index contributed by atoms with van der Waals surface area (Å²) in [6.07, 6.45) is 2.17. The van der Waals surface area contributed by atoms with Crippen LogP contribution in [0.4, 0.5) is 0 Å². The molecule has 1 unspecified atom stereocenters. The molecule has 3 N–H and O–H groups in total. The van der Waals surface area contributed by atoms with Crippen LogP contribution in [0.3, 0.4) is 0 Å². The van der Waals surface area contributed by atoms with Crippen molar-refractivity contribution in [1.82, 2.24) is 5.32 Å². The summed E-state index contributed by atoms with van der Waals surface area (Å²) in [5.74, 6) is 0. The lowest BCUT2D eigenvalue weighted by Gasteiger charge is -2.10. The van der Waals surface area contributed by atoms with Gasteiger partial charge in [-0.25, -0.2) is 0 Å². The molecule has 0 aliphatic rings. The predicted octanol–water partition coefficient (Wildman–Crippen LogP) is 1.51. The van der Waals surface area contributed by atoms with Gasteiger partial charge in [-0.3, -0.25) is 0 Å². The molecule has 0 bridgehead atoms. The minimum atomic E-state index is 0.142. The van der Waals surface area contributed by atoms with Gasteiger partial charge in [-0.1, -0.05) is 37.3 Å². The molecule has 1 aromatic rings. The van der Waals surface area contributed by atoms with E-state index in [0.29, 0.717) is 0 Å². The van der Waals surface area contributed by atoms with Gasteiger partial charge in [-0.15, -0.1) is 0 Å². The van der Waals surface area contributed by atoms with E-state index >= 15 is 0 Å². The second-order valence-corrected chi connectivity index (χ2v) is 3.20. The molecule has 0 radical (unpaired) electrons. The molecule has 2 nitrogen and oxygen atoms in total. The molecule has 0 aliphatic carbocycles. The maximum absolute atomic E-state index is 5.73. The van der Waals surface area contributed by atoms with Crippen LogP contribution in [0.25, 0.3) is 0 Å². The minimum absolute atomic E-state index is 0.142. The summed E-state index contributed by atoms with van der Waals surface area (Å²) in [7, 11) is 0. The molecule has 0 fully saturated rings. The van der Waals surface area contributed by atoms with E-state index in [1.54, 1.807) is 0 Å². The Kier molecular flexibility index (Phi) is 4.50. The Morgan fingerprint density at radius 3 is 2.62 bits per heavy atom. The van der Waals surface area contributed by atoms with Crippen molar-refractivity contribution in [3.05, 3.63) is 35.9 Å². The van der Waals surface area contributed by atoms with Crippen molar-refractivity contribution in [2.75, 3.05) is 6.54 Å². The van der Waals surface area contributed by atoms with E-state index < -0.39 is 0 Å². The molecule has 0 saturated heterocycles. The smallest absolute Gasteiger partial charge is 0.0543 e. The molecule has 1 aromatic carbocycles. The highest BCUT2D eigenvalue weighted by Gasteiger charge is 1.96. The number of hydrogen-bond donors (Lipinski definition) is 2. The zero-order valence-corrected chi connectivity index (χ0v) is 8.16. The summed E-state index contributed by atoms with van der Waals surface area (Å²) in [6, 6.07) is 10.4. The average Bonchev–Trinajstić information content (AvgIpc) is 2.19. The Bertz CT molecular complexity index is 221. The third kappa shape index (κ3) is 4.06. The fraction of sp³-hybridized carbons (Fsp3) is 0.455. The third-order valence-corrected chi connectivity index (χ3v) is 2.10. The molecule has 0 spiro atoms. The zero-order valence-electron chi connectivity index (χ0n) is 8.16.